The van der Waals surface area contributed by atoms with Crippen LogP contribution in [0.1, 0.15) is 33.6 Å². The summed E-state index contributed by atoms with van der Waals surface area (Å²) in [6.07, 6.45) is 2.89. The van der Waals surface area contributed by atoms with E-state index in [-0.39, 0.29) is 12.5 Å². The lowest BCUT2D eigenvalue weighted by atomic mass is 10.2. The van der Waals surface area contributed by atoms with E-state index in [0.717, 1.165) is 0 Å². The van der Waals surface area contributed by atoms with E-state index in [1.807, 2.05) is 20.8 Å². The minimum absolute atomic E-state index is 0.191. The molecule has 4 nitrogen and oxygen atoms in total. The molecule has 14 heavy (non-hydrogen) atoms. The van der Waals surface area contributed by atoms with Crippen LogP contribution >= 0.6 is 0 Å². The highest BCUT2D eigenvalue weighted by Gasteiger charge is 2.15. The molecular formula is C10H18NO3. The summed E-state index contributed by atoms with van der Waals surface area (Å²) < 4.78 is 5.07. The largest absolute Gasteiger partial charge is 0.459 e. The highest BCUT2D eigenvalue weighted by atomic mass is 16.6. The third kappa shape index (κ3) is 9.19. The topological polar surface area (TPSA) is 55.4 Å². The lowest BCUT2D eigenvalue weighted by Gasteiger charge is -2.19. The van der Waals surface area contributed by atoms with Gasteiger partial charge in [0, 0.05) is 6.42 Å². The number of hydrogen-bond acceptors (Lipinski definition) is 4. The van der Waals surface area contributed by atoms with E-state index >= 15 is 0 Å². The maximum Gasteiger partial charge on any atom is 0.320 e. The molecule has 0 unspecified atom stereocenters. The van der Waals surface area contributed by atoms with Crippen molar-refractivity contribution >= 4 is 12.3 Å². The molecule has 0 aliphatic heterocycles. The maximum absolute atomic E-state index is 11.1. The summed E-state index contributed by atoms with van der Waals surface area (Å²) in [6.45, 7) is 6.30. The number of ether oxygens (including phenoxy) is 1. The molecule has 1 radical (unpaired) electrons. The molecule has 0 rings (SSSR count). The van der Waals surface area contributed by atoms with Crippen molar-refractivity contribution < 1.29 is 14.3 Å². The van der Waals surface area contributed by atoms with E-state index in [9.17, 15) is 9.59 Å². The van der Waals surface area contributed by atoms with Gasteiger partial charge in [0.15, 0.2) is 6.29 Å². The molecule has 0 saturated carbocycles. The Morgan fingerprint density at radius 1 is 1.43 bits per heavy atom. The van der Waals surface area contributed by atoms with Crippen molar-refractivity contribution in [2.75, 3.05) is 13.1 Å². The number of nitrogens with one attached hydrogen (secondary N) is 1. The number of carbonyl (C=O) groups is 1. The summed E-state index contributed by atoms with van der Waals surface area (Å²) in [5, 5.41) is 2.89. The Kier molecular flexibility index (Phi) is 6.12. The molecule has 0 aromatic heterocycles. The van der Waals surface area contributed by atoms with Crippen LogP contribution in [0.25, 0.3) is 0 Å². The SMILES string of the molecule is CC(C)(C)OC(=O)CNCCC[C]=O. The third-order valence-electron chi connectivity index (χ3n) is 1.32. The quantitative estimate of drug-likeness (QED) is 0.509. The molecule has 0 saturated heterocycles. The molecule has 0 heterocycles. The minimum Gasteiger partial charge on any atom is -0.459 e. The van der Waals surface area contributed by atoms with Crippen LogP contribution in [0.3, 0.4) is 0 Å². The van der Waals surface area contributed by atoms with Gasteiger partial charge >= 0.3 is 5.97 Å². The fourth-order valence-electron chi connectivity index (χ4n) is 0.854. The fraction of sp³-hybridized carbons (Fsp3) is 0.800. The van der Waals surface area contributed by atoms with Crippen LogP contribution < -0.4 is 5.32 Å². The Hall–Kier alpha value is -0.900. The lowest BCUT2D eigenvalue weighted by molar-refractivity contribution is -0.153. The molecule has 1 N–H and O–H groups in total. The van der Waals surface area contributed by atoms with Crippen molar-refractivity contribution in [1.82, 2.24) is 5.32 Å². The Bertz CT molecular complexity index is 184. The molecule has 0 atom stereocenters. The second-order valence-electron chi connectivity index (χ2n) is 4.01. The zero-order valence-corrected chi connectivity index (χ0v) is 9.05. The van der Waals surface area contributed by atoms with Crippen LogP contribution in [-0.2, 0) is 14.3 Å². The van der Waals surface area contributed by atoms with E-state index in [0.29, 0.717) is 19.4 Å². The van der Waals surface area contributed by atoms with Crippen molar-refractivity contribution in [3.63, 3.8) is 0 Å². The van der Waals surface area contributed by atoms with Crippen molar-refractivity contribution in [3.05, 3.63) is 0 Å². The van der Waals surface area contributed by atoms with E-state index in [1.54, 1.807) is 6.29 Å². The normalized spacial score (nSPS) is 11.1. The van der Waals surface area contributed by atoms with E-state index in [4.69, 9.17) is 4.74 Å². The van der Waals surface area contributed by atoms with Gasteiger partial charge in [0.05, 0.1) is 6.54 Å². The van der Waals surface area contributed by atoms with Crippen LogP contribution in [-0.4, -0.2) is 30.9 Å². The van der Waals surface area contributed by atoms with Crippen molar-refractivity contribution in [1.29, 1.82) is 0 Å². The van der Waals surface area contributed by atoms with Crippen molar-refractivity contribution in [2.24, 2.45) is 0 Å². The summed E-state index contributed by atoms with van der Waals surface area (Å²) in [6, 6.07) is 0. The standard InChI is InChI=1S/C10H18NO3/c1-10(2,3)14-9(13)8-11-6-4-5-7-12/h11H,4-6,8H2,1-3H3. The van der Waals surface area contributed by atoms with Crippen LogP contribution in [0.4, 0.5) is 0 Å². The Labute approximate surface area is 85.0 Å². The Balaban J connectivity index is 3.41. The van der Waals surface area contributed by atoms with Gasteiger partial charge in [0.1, 0.15) is 5.60 Å². The average molecular weight is 200 g/mol. The summed E-state index contributed by atoms with van der Waals surface area (Å²) in [7, 11) is 0. The van der Waals surface area contributed by atoms with E-state index in [1.165, 1.54) is 0 Å². The van der Waals surface area contributed by atoms with Gasteiger partial charge in [0.25, 0.3) is 0 Å². The van der Waals surface area contributed by atoms with Crippen LogP contribution in [0.5, 0.6) is 0 Å². The van der Waals surface area contributed by atoms with Gasteiger partial charge in [-0.25, -0.2) is 0 Å². The number of hydrogen-bond donors (Lipinski definition) is 1. The molecule has 0 aliphatic rings. The zero-order chi connectivity index (χ0) is 11.0. The van der Waals surface area contributed by atoms with Crippen LogP contribution in [0, 0.1) is 0 Å². The van der Waals surface area contributed by atoms with Gasteiger partial charge in [-0.3, -0.25) is 9.59 Å². The first-order chi connectivity index (χ1) is 6.45. The average Bonchev–Trinajstić information content (AvgIpc) is 2.00. The molecule has 81 valence electrons. The molecule has 0 spiro atoms. The molecule has 0 aromatic carbocycles. The molecule has 0 aromatic rings. The Morgan fingerprint density at radius 3 is 2.57 bits per heavy atom. The van der Waals surface area contributed by atoms with E-state index < -0.39 is 5.60 Å². The van der Waals surface area contributed by atoms with Crippen LogP contribution in [0.2, 0.25) is 0 Å². The summed E-state index contributed by atoms with van der Waals surface area (Å²) in [4.78, 5) is 21.0. The molecule has 0 amide bonds. The van der Waals surface area contributed by atoms with Gasteiger partial charge in [-0.2, -0.15) is 0 Å². The minimum atomic E-state index is -0.435. The molecule has 0 aliphatic carbocycles. The van der Waals surface area contributed by atoms with Gasteiger partial charge in [0.2, 0.25) is 0 Å². The van der Waals surface area contributed by atoms with Crippen molar-refractivity contribution in [3.8, 4) is 0 Å². The first kappa shape index (κ1) is 13.1. The first-order valence-electron chi connectivity index (χ1n) is 4.73. The molecule has 0 bridgehead atoms. The van der Waals surface area contributed by atoms with E-state index in [2.05, 4.69) is 5.32 Å². The Morgan fingerprint density at radius 2 is 2.07 bits per heavy atom. The monoisotopic (exact) mass is 200 g/mol. The molecule has 0 fully saturated rings. The maximum atomic E-state index is 11.1. The lowest BCUT2D eigenvalue weighted by Crippen LogP contribution is -2.31. The zero-order valence-electron chi connectivity index (χ0n) is 9.05. The number of rotatable bonds is 6. The highest BCUT2D eigenvalue weighted by molar-refractivity contribution is 5.72. The van der Waals surface area contributed by atoms with Crippen LogP contribution in [0.15, 0.2) is 0 Å². The predicted molar refractivity (Wildman–Crippen MR) is 53.6 cm³/mol. The molecular weight excluding hydrogens is 182 g/mol. The predicted octanol–water partition coefficient (Wildman–Crippen LogP) is 0.808. The van der Waals surface area contributed by atoms with Gasteiger partial charge in [-0.05, 0) is 33.7 Å². The molecule has 4 heteroatoms. The first-order valence-corrected chi connectivity index (χ1v) is 4.73. The van der Waals surface area contributed by atoms with Gasteiger partial charge in [-0.1, -0.05) is 0 Å². The third-order valence-corrected chi connectivity index (χ3v) is 1.32. The number of esters is 1. The highest BCUT2D eigenvalue weighted by Crippen LogP contribution is 2.05. The number of unbranched alkanes of at least 4 members (excludes halogenated alkanes) is 1. The second-order valence-corrected chi connectivity index (χ2v) is 4.01. The smallest absolute Gasteiger partial charge is 0.320 e. The summed E-state index contributed by atoms with van der Waals surface area (Å²) >= 11 is 0. The van der Waals surface area contributed by atoms with Gasteiger partial charge < -0.3 is 10.1 Å². The number of carbonyl (C=O) groups excluding carboxylic acids is 2. The van der Waals surface area contributed by atoms with Crippen molar-refractivity contribution in [2.45, 2.75) is 39.2 Å². The fourth-order valence-corrected chi connectivity index (χ4v) is 0.854. The van der Waals surface area contributed by atoms with Gasteiger partial charge in [-0.15, -0.1) is 0 Å². The summed E-state index contributed by atoms with van der Waals surface area (Å²) in [5.41, 5.74) is -0.435. The second kappa shape index (κ2) is 6.54. The summed E-state index contributed by atoms with van der Waals surface area (Å²) in [5.74, 6) is -0.271.